The zero-order valence-corrected chi connectivity index (χ0v) is 15.8. The third-order valence-electron chi connectivity index (χ3n) is 5.11. The maximum Gasteiger partial charge on any atom is 0.255 e. The predicted octanol–water partition coefficient (Wildman–Crippen LogP) is 2.63. The van der Waals surface area contributed by atoms with Crippen molar-refractivity contribution in [1.82, 2.24) is 9.97 Å². The molecule has 1 aromatic carbocycles. The molecule has 2 aromatic rings. The van der Waals surface area contributed by atoms with E-state index in [1.165, 1.54) is 24.9 Å². The number of hydrogen-bond donors (Lipinski definition) is 1. The number of anilines is 1. The highest BCUT2D eigenvalue weighted by Gasteiger charge is 2.52. The van der Waals surface area contributed by atoms with Crippen LogP contribution in [-0.4, -0.2) is 41.1 Å². The summed E-state index contributed by atoms with van der Waals surface area (Å²) in [4.78, 5) is 14.5. The van der Waals surface area contributed by atoms with Gasteiger partial charge >= 0.3 is 0 Å². The molecule has 0 bridgehead atoms. The van der Waals surface area contributed by atoms with Crippen molar-refractivity contribution in [3.05, 3.63) is 47.2 Å². The summed E-state index contributed by atoms with van der Waals surface area (Å²) in [7, 11) is 1.25. The molecule has 0 amide bonds. The summed E-state index contributed by atoms with van der Waals surface area (Å²) in [5.74, 6) is -0.948. The number of thioether (sulfide) groups is 1. The van der Waals surface area contributed by atoms with Crippen LogP contribution in [-0.2, 0) is 12.2 Å². The first kappa shape index (κ1) is 18.9. The minimum Gasteiger partial charge on any atom is -0.479 e. The molecule has 0 unspecified atom stereocenters. The number of ether oxygens (including phenoxy) is 1. The quantitative estimate of drug-likeness (QED) is 0.837. The lowest BCUT2D eigenvalue weighted by atomic mass is 9.81. The fraction of sp³-hybridized carbons (Fsp3) is 0.389. The summed E-state index contributed by atoms with van der Waals surface area (Å²) < 4.78 is 46.9. The Kier molecular flexibility index (Phi) is 4.82. The Bertz CT molecular complexity index is 918. The second kappa shape index (κ2) is 7.16. The Hall–Kier alpha value is -2.49. The molecule has 6 nitrogen and oxygen atoms in total. The van der Waals surface area contributed by atoms with Gasteiger partial charge in [0.15, 0.2) is 5.17 Å². The number of methoxy groups -OCH3 is 1. The highest BCUT2D eigenvalue weighted by Crippen LogP contribution is 2.47. The molecule has 0 aliphatic carbocycles. The molecule has 3 heterocycles. The first-order chi connectivity index (χ1) is 13.5. The lowest BCUT2D eigenvalue weighted by Crippen LogP contribution is -2.40. The van der Waals surface area contributed by atoms with Crippen LogP contribution in [0.1, 0.15) is 11.3 Å². The summed E-state index contributed by atoms with van der Waals surface area (Å²) in [6.45, 7) is -0.409. The summed E-state index contributed by atoms with van der Waals surface area (Å²) in [6, 6.07) is 6.44. The van der Waals surface area contributed by atoms with Gasteiger partial charge in [-0.2, -0.15) is 9.37 Å². The molecule has 1 fully saturated rings. The molecule has 2 aliphatic rings. The van der Waals surface area contributed by atoms with Crippen molar-refractivity contribution in [2.24, 2.45) is 16.6 Å². The summed E-state index contributed by atoms with van der Waals surface area (Å²) in [5.41, 5.74) is 5.12. The van der Waals surface area contributed by atoms with Crippen LogP contribution in [0.25, 0.3) is 0 Å². The molecule has 2 atom stereocenters. The van der Waals surface area contributed by atoms with Crippen molar-refractivity contribution in [3.63, 3.8) is 0 Å². The molecule has 4 rings (SSSR count). The van der Waals surface area contributed by atoms with Gasteiger partial charge in [-0.1, -0.05) is 30.0 Å². The Labute approximate surface area is 164 Å². The Morgan fingerprint density at radius 3 is 2.82 bits per heavy atom. The largest absolute Gasteiger partial charge is 0.479 e. The Morgan fingerprint density at radius 1 is 1.32 bits per heavy atom. The number of alkyl halides is 1. The maximum absolute atomic E-state index is 14.7. The van der Waals surface area contributed by atoms with E-state index in [2.05, 4.69) is 15.0 Å². The first-order valence-electron chi connectivity index (χ1n) is 8.63. The van der Waals surface area contributed by atoms with Gasteiger partial charge in [-0.05, 0) is 6.07 Å². The van der Waals surface area contributed by atoms with Crippen molar-refractivity contribution in [2.45, 2.75) is 12.2 Å². The number of aliphatic imine (C=N–C) groups is 1. The summed E-state index contributed by atoms with van der Waals surface area (Å²) in [6.07, 6.45) is 0. The number of hydrogen-bond acceptors (Lipinski definition) is 7. The third-order valence-corrected chi connectivity index (χ3v) is 6.07. The Morgan fingerprint density at radius 2 is 2.11 bits per heavy atom. The van der Waals surface area contributed by atoms with Gasteiger partial charge in [0.2, 0.25) is 11.8 Å². The molecule has 28 heavy (non-hydrogen) atoms. The molecular formula is C18H18F3N5OS. The Balaban J connectivity index is 1.79. The standard InChI is InChI=1S/C18H18F3N5OS/c1-27-15-14(21)13(6-19)23-17(24-15)26-7-10-8-28-16(22)25-18(10,9-26)11-4-2-3-5-12(11)20/h2-5,10H,6-9H2,1H3,(H2,22,25)/t10-,18-/m0/s1. The van der Waals surface area contributed by atoms with E-state index in [0.29, 0.717) is 23.0 Å². The summed E-state index contributed by atoms with van der Waals surface area (Å²) in [5, 5.41) is 0.378. The van der Waals surface area contributed by atoms with Gasteiger partial charge < -0.3 is 15.4 Å². The number of nitrogens with two attached hydrogens (primary N) is 1. The SMILES string of the molecule is COc1nc(N2C[C@H]3CSC(N)=N[C@@]3(c3ccccc3F)C2)nc(CF)c1F. The van der Waals surface area contributed by atoms with Crippen molar-refractivity contribution >= 4 is 22.9 Å². The fourth-order valence-electron chi connectivity index (χ4n) is 3.79. The van der Waals surface area contributed by atoms with E-state index in [1.54, 1.807) is 23.1 Å². The highest BCUT2D eigenvalue weighted by molar-refractivity contribution is 8.13. The van der Waals surface area contributed by atoms with Crippen LogP contribution in [0, 0.1) is 17.6 Å². The average molecular weight is 409 g/mol. The van der Waals surface area contributed by atoms with Crippen molar-refractivity contribution in [2.75, 3.05) is 30.9 Å². The lowest BCUT2D eigenvalue weighted by molar-refractivity contribution is 0.356. The van der Waals surface area contributed by atoms with Crippen molar-refractivity contribution in [1.29, 1.82) is 0 Å². The molecule has 1 aromatic heterocycles. The van der Waals surface area contributed by atoms with Gasteiger partial charge in [0.05, 0.1) is 13.7 Å². The van der Waals surface area contributed by atoms with E-state index < -0.39 is 18.0 Å². The van der Waals surface area contributed by atoms with E-state index in [4.69, 9.17) is 10.5 Å². The van der Waals surface area contributed by atoms with Gasteiger partial charge in [0, 0.05) is 23.8 Å². The average Bonchev–Trinajstić information content (AvgIpc) is 3.08. The smallest absolute Gasteiger partial charge is 0.255 e. The predicted molar refractivity (Wildman–Crippen MR) is 101 cm³/mol. The normalized spacial score (nSPS) is 24.1. The lowest BCUT2D eigenvalue weighted by Gasteiger charge is -2.34. The number of benzene rings is 1. The zero-order valence-electron chi connectivity index (χ0n) is 15.0. The number of aromatic nitrogens is 2. The number of fused-ring (bicyclic) bond motifs is 1. The van der Waals surface area contributed by atoms with E-state index in [9.17, 15) is 13.2 Å². The number of amidine groups is 1. The molecule has 0 saturated carbocycles. The minimum absolute atomic E-state index is 0.0739. The number of nitrogens with zero attached hydrogens (tertiary/aromatic N) is 4. The van der Waals surface area contributed by atoms with Gasteiger partial charge in [0.25, 0.3) is 5.88 Å². The van der Waals surface area contributed by atoms with E-state index >= 15 is 0 Å². The van der Waals surface area contributed by atoms with E-state index in [-0.39, 0.29) is 35.8 Å². The molecule has 0 radical (unpaired) electrons. The molecule has 148 valence electrons. The molecule has 2 aliphatic heterocycles. The highest BCUT2D eigenvalue weighted by atomic mass is 32.2. The molecule has 10 heteroatoms. The molecule has 2 N–H and O–H groups in total. The van der Waals surface area contributed by atoms with Crippen LogP contribution >= 0.6 is 11.8 Å². The van der Waals surface area contributed by atoms with Crippen LogP contribution in [0.5, 0.6) is 5.88 Å². The third kappa shape index (κ3) is 2.95. The zero-order chi connectivity index (χ0) is 19.9. The molecular weight excluding hydrogens is 391 g/mol. The van der Waals surface area contributed by atoms with Crippen LogP contribution in [0.4, 0.5) is 19.1 Å². The fourth-order valence-corrected chi connectivity index (χ4v) is 4.77. The van der Waals surface area contributed by atoms with Gasteiger partial charge in [-0.3, -0.25) is 0 Å². The molecule has 0 spiro atoms. The van der Waals surface area contributed by atoms with Crippen molar-refractivity contribution in [3.8, 4) is 5.88 Å². The van der Waals surface area contributed by atoms with Crippen LogP contribution in [0.2, 0.25) is 0 Å². The van der Waals surface area contributed by atoms with Gasteiger partial charge in [0.1, 0.15) is 23.7 Å². The van der Waals surface area contributed by atoms with Crippen LogP contribution in [0.15, 0.2) is 29.3 Å². The first-order valence-corrected chi connectivity index (χ1v) is 9.61. The number of halogens is 3. The second-order valence-electron chi connectivity index (χ2n) is 6.67. The van der Waals surface area contributed by atoms with Crippen LogP contribution < -0.4 is 15.4 Å². The maximum atomic E-state index is 14.7. The monoisotopic (exact) mass is 409 g/mol. The van der Waals surface area contributed by atoms with Gasteiger partial charge in [-0.25, -0.2) is 18.8 Å². The van der Waals surface area contributed by atoms with E-state index in [0.717, 1.165) is 0 Å². The topological polar surface area (TPSA) is 76.6 Å². The minimum atomic E-state index is -1.09. The van der Waals surface area contributed by atoms with Gasteiger partial charge in [-0.15, -0.1) is 0 Å². The molecule has 1 saturated heterocycles. The summed E-state index contributed by atoms with van der Waals surface area (Å²) >= 11 is 1.40. The van der Waals surface area contributed by atoms with E-state index in [1.807, 2.05) is 0 Å². The van der Waals surface area contributed by atoms with Crippen molar-refractivity contribution < 1.29 is 17.9 Å². The number of rotatable bonds is 4. The van der Waals surface area contributed by atoms with Crippen LogP contribution in [0.3, 0.4) is 0 Å². The second-order valence-corrected chi connectivity index (χ2v) is 7.71.